The Kier molecular flexibility index (Phi) is 8.42. The number of pyridine rings is 2. The minimum Gasteiger partial charge on any atom is -0.369 e. The predicted molar refractivity (Wildman–Crippen MR) is 179 cm³/mol. The zero-order valence-corrected chi connectivity index (χ0v) is 26.4. The molecule has 8 aromatic heterocycles. The van der Waals surface area contributed by atoms with Crippen LogP contribution in [0.5, 0.6) is 0 Å². The van der Waals surface area contributed by atoms with Crippen LogP contribution in [0.2, 0.25) is 0 Å². The molecule has 0 amide bonds. The highest BCUT2D eigenvalue weighted by Gasteiger charge is 2.19. The minimum atomic E-state index is 0.369. The van der Waals surface area contributed by atoms with Crippen LogP contribution in [-0.4, -0.2) is 62.9 Å². The average Bonchev–Trinajstić information content (AvgIpc) is 3.63. The van der Waals surface area contributed by atoms with Crippen molar-refractivity contribution in [2.75, 3.05) is 25.7 Å². The van der Waals surface area contributed by atoms with E-state index in [-0.39, 0.29) is 0 Å². The first kappa shape index (κ1) is 30.2. The molecule has 0 aliphatic rings. The van der Waals surface area contributed by atoms with Crippen molar-refractivity contribution in [3.63, 3.8) is 0 Å². The number of nitrogen functional groups attached to an aromatic ring is 2. The first-order chi connectivity index (χ1) is 23.1. The van der Waals surface area contributed by atoms with Crippen LogP contribution in [0.15, 0.2) is 96.0 Å². The SMILES string of the molecule is COOSc1nccc(-c2c3cccnc3n3c(N)nccc23)n1.COSc1nccc(-c2c3cccnc3n3c(N)nccc23)n1. The van der Waals surface area contributed by atoms with Crippen molar-refractivity contribution in [3.8, 4) is 22.5 Å². The lowest BCUT2D eigenvalue weighted by molar-refractivity contribution is -0.160. The minimum absolute atomic E-state index is 0.369. The standard InChI is InChI=1S/C15H12N6O2S.C15H12N6OS/c1-22-23-24-15-19-7-4-10(20-15)12-9-3-2-6-17-13(9)21-11(12)5-8-18-14(21)16;1-22-23-15-19-7-4-10(20-15)12-9-3-2-6-17-13(9)21-11(12)5-8-18-14(21)16/h2-8H,1H3,(H2,16,18);2-8H,1H3,(H2,16,18). The molecule has 0 saturated heterocycles. The summed E-state index contributed by atoms with van der Waals surface area (Å²) >= 11 is 2.06. The van der Waals surface area contributed by atoms with E-state index in [9.17, 15) is 0 Å². The number of fused-ring (bicyclic) bond motifs is 6. The summed E-state index contributed by atoms with van der Waals surface area (Å²) in [6, 6.07) is 15.2. The maximum absolute atomic E-state index is 6.05. The van der Waals surface area contributed by atoms with Crippen LogP contribution in [0.3, 0.4) is 0 Å². The number of hydrogen-bond donors (Lipinski definition) is 2. The Hall–Kier alpha value is -5.46. The molecule has 8 heterocycles. The van der Waals surface area contributed by atoms with Gasteiger partial charge >= 0.3 is 0 Å². The second-order valence-corrected chi connectivity index (χ2v) is 11.1. The molecule has 0 fully saturated rings. The van der Waals surface area contributed by atoms with Gasteiger partial charge in [-0.15, -0.1) is 0 Å². The fraction of sp³-hybridized carbons (Fsp3) is 0.0667. The number of anilines is 2. The Balaban J connectivity index is 0.000000150. The van der Waals surface area contributed by atoms with Crippen LogP contribution in [0.1, 0.15) is 0 Å². The van der Waals surface area contributed by atoms with Crippen molar-refractivity contribution >= 4 is 69.1 Å². The van der Waals surface area contributed by atoms with E-state index in [2.05, 4.69) is 44.8 Å². The second kappa shape index (κ2) is 13.1. The van der Waals surface area contributed by atoms with Crippen molar-refractivity contribution in [1.82, 2.24) is 48.7 Å². The normalized spacial score (nSPS) is 11.4. The molecule has 0 unspecified atom stereocenters. The lowest BCUT2D eigenvalue weighted by Gasteiger charge is -2.03. The van der Waals surface area contributed by atoms with Gasteiger partial charge in [-0.1, -0.05) is 0 Å². The summed E-state index contributed by atoms with van der Waals surface area (Å²) in [6.45, 7) is 0. The van der Waals surface area contributed by atoms with Crippen LogP contribution < -0.4 is 11.5 Å². The molecule has 4 N–H and O–H groups in total. The first-order valence-corrected chi connectivity index (χ1v) is 15.3. The second-order valence-electron chi connectivity index (χ2n) is 9.56. The number of nitrogens with zero attached hydrogens (tertiary/aromatic N) is 10. The third-order valence-corrected chi connectivity index (χ3v) is 8.04. The maximum Gasteiger partial charge on any atom is 0.218 e. The van der Waals surface area contributed by atoms with E-state index in [0.717, 1.165) is 79.7 Å². The summed E-state index contributed by atoms with van der Waals surface area (Å²) in [6.07, 6.45) is 10.2. The molecule has 8 aromatic rings. The first-order valence-electron chi connectivity index (χ1n) is 13.8. The zero-order chi connectivity index (χ0) is 32.3. The van der Waals surface area contributed by atoms with Crippen molar-refractivity contribution in [2.45, 2.75) is 10.3 Å². The van der Waals surface area contributed by atoms with E-state index in [1.807, 2.05) is 57.3 Å². The van der Waals surface area contributed by atoms with Gasteiger partial charge in [0, 0.05) is 59.1 Å². The molecular formula is C30H24N12O3S2. The van der Waals surface area contributed by atoms with Gasteiger partial charge in [0.25, 0.3) is 0 Å². The molecular weight excluding hydrogens is 641 g/mol. The van der Waals surface area contributed by atoms with Gasteiger partial charge in [0.1, 0.15) is 23.3 Å². The van der Waals surface area contributed by atoms with Crippen molar-refractivity contribution in [2.24, 2.45) is 0 Å². The molecule has 0 aromatic carbocycles. The van der Waals surface area contributed by atoms with Gasteiger partial charge in [0.05, 0.1) is 48.7 Å². The zero-order valence-electron chi connectivity index (χ0n) is 24.8. The van der Waals surface area contributed by atoms with Crippen molar-refractivity contribution < 1.29 is 13.4 Å². The van der Waals surface area contributed by atoms with E-state index in [4.69, 9.17) is 20.0 Å². The molecule has 0 saturated carbocycles. The molecule has 8 rings (SSSR count). The van der Waals surface area contributed by atoms with Gasteiger partial charge in [-0.05, 0) is 48.5 Å². The van der Waals surface area contributed by atoms with E-state index < -0.39 is 0 Å². The third kappa shape index (κ3) is 5.62. The summed E-state index contributed by atoms with van der Waals surface area (Å²) in [7, 11) is 3.01. The van der Waals surface area contributed by atoms with Gasteiger partial charge < -0.3 is 15.7 Å². The van der Waals surface area contributed by atoms with E-state index in [1.165, 1.54) is 7.11 Å². The highest BCUT2D eigenvalue weighted by Crippen LogP contribution is 2.36. The Bertz CT molecular complexity index is 2380. The lowest BCUT2D eigenvalue weighted by Crippen LogP contribution is -1.99. The summed E-state index contributed by atoms with van der Waals surface area (Å²) < 4.78 is 13.5. The summed E-state index contributed by atoms with van der Waals surface area (Å²) in [5.74, 6) is 0.756. The molecule has 0 radical (unpaired) electrons. The van der Waals surface area contributed by atoms with Crippen LogP contribution in [0.4, 0.5) is 11.9 Å². The molecule has 15 nitrogen and oxygen atoms in total. The lowest BCUT2D eigenvalue weighted by atomic mass is 10.1. The Morgan fingerprint density at radius 3 is 1.55 bits per heavy atom. The van der Waals surface area contributed by atoms with Crippen LogP contribution >= 0.6 is 24.1 Å². The number of aromatic nitrogens is 10. The highest BCUT2D eigenvalue weighted by atomic mass is 32.2. The van der Waals surface area contributed by atoms with E-state index >= 15 is 0 Å². The van der Waals surface area contributed by atoms with Crippen LogP contribution in [0, 0.1) is 0 Å². The van der Waals surface area contributed by atoms with Crippen LogP contribution in [-0.2, 0) is 13.4 Å². The predicted octanol–water partition coefficient (Wildman–Crippen LogP) is 5.08. The molecule has 47 heavy (non-hydrogen) atoms. The monoisotopic (exact) mass is 664 g/mol. The molecule has 0 atom stereocenters. The summed E-state index contributed by atoms with van der Waals surface area (Å²) in [4.78, 5) is 39.2. The summed E-state index contributed by atoms with van der Waals surface area (Å²) in [5.41, 5.74) is 18.7. The fourth-order valence-corrected chi connectivity index (χ4v) is 6.01. The van der Waals surface area contributed by atoms with E-state index in [0.29, 0.717) is 22.2 Å². The molecule has 234 valence electrons. The van der Waals surface area contributed by atoms with E-state index in [1.54, 1.807) is 44.3 Å². The van der Waals surface area contributed by atoms with Crippen molar-refractivity contribution in [3.05, 3.63) is 85.7 Å². The number of hydrogen-bond acceptors (Lipinski definition) is 15. The Morgan fingerprint density at radius 2 is 1.06 bits per heavy atom. The molecule has 0 bridgehead atoms. The smallest absolute Gasteiger partial charge is 0.218 e. The summed E-state index contributed by atoms with van der Waals surface area (Å²) in [5, 5.41) is 2.87. The average molecular weight is 665 g/mol. The third-order valence-electron chi connectivity index (χ3n) is 6.98. The Morgan fingerprint density at radius 1 is 0.574 bits per heavy atom. The molecule has 0 aliphatic carbocycles. The van der Waals surface area contributed by atoms with Gasteiger partial charge in [0.2, 0.25) is 22.2 Å². The topological polar surface area (TPSA) is 192 Å². The van der Waals surface area contributed by atoms with Gasteiger partial charge in [0.15, 0.2) is 0 Å². The Labute approximate surface area is 274 Å². The van der Waals surface area contributed by atoms with Gasteiger partial charge in [-0.25, -0.2) is 44.8 Å². The fourth-order valence-electron chi connectivity index (χ4n) is 5.25. The molecule has 17 heteroatoms. The maximum atomic E-state index is 6.05. The number of nitrogens with two attached hydrogens (primary N) is 2. The van der Waals surface area contributed by atoms with Crippen LogP contribution in [0.25, 0.3) is 55.6 Å². The highest BCUT2D eigenvalue weighted by molar-refractivity contribution is 7.94. The van der Waals surface area contributed by atoms with Gasteiger partial charge in [-0.2, -0.15) is 4.33 Å². The van der Waals surface area contributed by atoms with Gasteiger partial charge in [-0.3, -0.25) is 8.80 Å². The molecule has 0 spiro atoms. The largest absolute Gasteiger partial charge is 0.369 e. The molecule has 0 aliphatic heterocycles. The van der Waals surface area contributed by atoms with Crippen molar-refractivity contribution in [1.29, 1.82) is 0 Å². The number of rotatable bonds is 7. The quantitative estimate of drug-likeness (QED) is 0.0991.